The van der Waals surface area contributed by atoms with Crippen LogP contribution in [0.15, 0.2) is 30.3 Å². The van der Waals surface area contributed by atoms with Crippen LogP contribution in [0.2, 0.25) is 0 Å². The highest BCUT2D eigenvalue weighted by molar-refractivity contribution is 5.14. The third-order valence-corrected chi connectivity index (χ3v) is 5.06. The largest absolute Gasteiger partial charge is 0.319 e. The maximum absolute atomic E-state index is 3.34. The van der Waals surface area contributed by atoms with Crippen molar-refractivity contribution in [3.05, 3.63) is 35.9 Å². The fourth-order valence-corrected chi connectivity index (χ4v) is 3.96. The number of benzene rings is 1. The van der Waals surface area contributed by atoms with Gasteiger partial charge in [-0.15, -0.1) is 0 Å². The first-order valence-corrected chi connectivity index (χ1v) is 8.50. The Bertz CT molecular complexity index is 420. The predicted octanol–water partition coefficient (Wildman–Crippen LogP) is 2.19. The van der Waals surface area contributed by atoms with Crippen molar-refractivity contribution >= 4 is 0 Å². The summed E-state index contributed by atoms with van der Waals surface area (Å²) in [7, 11) is 2.07. The predicted molar refractivity (Wildman–Crippen MR) is 88.3 cm³/mol. The van der Waals surface area contributed by atoms with Crippen LogP contribution in [-0.2, 0) is 6.54 Å². The standard InChI is InChI=1S/C18H29N3/c1-19-12-17-9-11-21(14-17)18-8-5-10-20(15-18)13-16-6-3-2-4-7-16/h2-4,6-7,17-19H,5,8-15H2,1H3. The minimum atomic E-state index is 0.782. The maximum atomic E-state index is 3.34. The molecule has 2 heterocycles. The van der Waals surface area contributed by atoms with E-state index in [0.717, 1.165) is 18.5 Å². The summed E-state index contributed by atoms with van der Waals surface area (Å²) in [4.78, 5) is 5.40. The van der Waals surface area contributed by atoms with Gasteiger partial charge in [0.25, 0.3) is 0 Å². The fraction of sp³-hybridized carbons (Fsp3) is 0.667. The number of hydrogen-bond acceptors (Lipinski definition) is 3. The fourth-order valence-electron chi connectivity index (χ4n) is 3.96. The summed E-state index contributed by atoms with van der Waals surface area (Å²) in [6.45, 7) is 7.41. The summed E-state index contributed by atoms with van der Waals surface area (Å²) in [6.07, 6.45) is 4.11. The molecule has 0 bridgehead atoms. The molecule has 2 fully saturated rings. The van der Waals surface area contributed by atoms with Crippen LogP contribution in [0.3, 0.4) is 0 Å². The Labute approximate surface area is 129 Å². The van der Waals surface area contributed by atoms with Gasteiger partial charge in [0.2, 0.25) is 0 Å². The first-order valence-electron chi connectivity index (χ1n) is 8.50. The lowest BCUT2D eigenvalue weighted by Crippen LogP contribution is -2.47. The summed E-state index contributed by atoms with van der Waals surface area (Å²) in [5, 5.41) is 3.34. The van der Waals surface area contributed by atoms with E-state index in [-0.39, 0.29) is 0 Å². The van der Waals surface area contributed by atoms with Crippen molar-refractivity contribution in [3.8, 4) is 0 Å². The quantitative estimate of drug-likeness (QED) is 0.895. The van der Waals surface area contributed by atoms with Crippen LogP contribution < -0.4 is 5.32 Å². The zero-order valence-electron chi connectivity index (χ0n) is 13.3. The smallest absolute Gasteiger partial charge is 0.0234 e. The van der Waals surface area contributed by atoms with Gasteiger partial charge in [-0.05, 0) is 57.4 Å². The molecule has 1 aromatic carbocycles. The molecule has 116 valence electrons. The van der Waals surface area contributed by atoms with Crippen LogP contribution in [0.25, 0.3) is 0 Å². The van der Waals surface area contributed by atoms with Gasteiger partial charge in [-0.1, -0.05) is 30.3 Å². The second-order valence-corrected chi connectivity index (χ2v) is 6.72. The molecule has 2 saturated heterocycles. The van der Waals surface area contributed by atoms with E-state index in [0.29, 0.717) is 0 Å². The SMILES string of the molecule is CNCC1CCN(C2CCCN(Cc3ccccc3)C2)C1. The molecule has 3 rings (SSSR count). The van der Waals surface area contributed by atoms with Crippen molar-refractivity contribution < 1.29 is 0 Å². The first kappa shape index (κ1) is 15.0. The Morgan fingerprint density at radius 2 is 1.95 bits per heavy atom. The monoisotopic (exact) mass is 287 g/mol. The molecule has 2 atom stereocenters. The second-order valence-electron chi connectivity index (χ2n) is 6.72. The lowest BCUT2D eigenvalue weighted by atomic mass is 10.0. The number of nitrogens with one attached hydrogen (secondary N) is 1. The third kappa shape index (κ3) is 4.06. The van der Waals surface area contributed by atoms with Crippen molar-refractivity contribution in [1.82, 2.24) is 15.1 Å². The summed E-state index contributed by atoms with van der Waals surface area (Å²) in [5.41, 5.74) is 1.45. The Kier molecular flexibility index (Phi) is 5.28. The molecular weight excluding hydrogens is 258 g/mol. The van der Waals surface area contributed by atoms with Crippen molar-refractivity contribution in [2.75, 3.05) is 39.8 Å². The molecule has 1 aromatic rings. The van der Waals surface area contributed by atoms with E-state index in [4.69, 9.17) is 0 Å². The molecule has 0 amide bonds. The summed E-state index contributed by atoms with van der Waals surface area (Å²) in [6, 6.07) is 11.7. The average Bonchev–Trinajstić information content (AvgIpc) is 2.98. The molecule has 1 N–H and O–H groups in total. The second kappa shape index (κ2) is 7.39. The maximum Gasteiger partial charge on any atom is 0.0234 e. The van der Waals surface area contributed by atoms with Gasteiger partial charge in [0, 0.05) is 25.7 Å². The van der Waals surface area contributed by atoms with Gasteiger partial charge in [-0.3, -0.25) is 9.80 Å². The van der Waals surface area contributed by atoms with Gasteiger partial charge in [0.1, 0.15) is 0 Å². The van der Waals surface area contributed by atoms with Gasteiger partial charge in [0.15, 0.2) is 0 Å². The molecule has 0 aliphatic carbocycles. The Balaban J connectivity index is 1.52. The highest BCUT2D eigenvalue weighted by Gasteiger charge is 2.30. The van der Waals surface area contributed by atoms with E-state index in [1.165, 1.54) is 57.5 Å². The molecule has 0 spiro atoms. The average molecular weight is 287 g/mol. The summed E-state index contributed by atoms with van der Waals surface area (Å²) in [5.74, 6) is 0.861. The number of rotatable bonds is 5. The lowest BCUT2D eigenvalue weighted by molar-refractivity contribution is 0.108. The molecule has 0 aromatic heterocycles. The number of nitrogens with zero attached hydrogens (tertiary/aromatic N) is 2. The molecule has 3 heteroatoms. The Morgan fingerprint density at radius 3 is 2.76 bits per heavy atom. The number of piperidine rings is 1. The van der Waals surface area contributed by atoms with Gasteiger partial charge in [0.05, 0.1) is 0 Å². The molecule has 21 heavy (non-hydrogen) atoms. The van der Waals surface area contributed by atoms with Crippen LogP contribution in [-0.4, -0.2) is 55.6 Å². The molecule has 2 aliphatic rings. The normalized spacial score (nSPS) is 28.0. The van der Waals surface area contributed by atoms with Crippen LogP contribution in [0, 0.1) is 5.92 Å². The van der Waals surface area contributed by atoms with Crippen LogP contribution >= 0.6 is 0 Å². The van der Waals surface area contributed by atoms with E-state index in [1.54, 1.807) is 0 Å². The van der Waals surface area contributed by atoms with E-state index in [1.807, 2.05) is 0 Å². The molecule has 2 aliphatic heterocycles. The Morgan fingerprint density at radius 1 is 1.10 bits per heavy atom. The van der Waals surface area contributed by atoms with Crippen molar-refractivity contribution in [3.63, 3.8) is 0 Å². The van der Waals surface area contributed by atoms with Crippen LogP contribution in [0.4, 0.5) is 0 Å². The topological polar surface area (TPSA) is 18.5 Å². The Hall–Kier alpha value is -0.900. The first-order chi connectivity index (χ1) is 10.3. The number of likely N-dealkylation sites (tertiary alicyclic amines) is 2. The van der Waals surface area contributed by atoms with Crippen LogP contribution in [0.1, 0.15) is 24.8 Å². The highest BCUT2D eigenvalue weighted by Crippen LogP contribution is 2.24. The van der Waals surface area contributed by atoms with Crippen LogP contribution in [0.5, 0.6) is 0 Å². The number of hydrogen-bond donors (Lipinski definition) is 1. The molecular formula is C18H29N3. The molecule has 0 saturated carbocycles. The molecule has 3 nitrogen and oxygen atoms in total. The van der Waals surface area contributed by atoms with Crippen molar-refractivity contribution in [2.45, 2.75) is 31.8 Å². The molecule has 2 unspecified atom stereocenters. The van der Waals surface area contributed by atoms with E-state index < -0.39 is 0 Å². The third-order valence-electron chi connectivity index (χ3n) is 5.06. The minimum Gasteiger partial charge on any atom is -0.319 e. The lowest BCUT2D eigenvalue weighted by Gasteiger charge is -2.37. The zero-order valence-corrected chi connectivity index (χ0v) is 13.3. The van der Waals surface area contributed by atoms with E-state index in [9.17, 15) is 0 Å². The van der Waals surface area contributed by atoms with Gasteiger partial charge in [-0.2, -0.15) is 0 Å². The summed E-state index contributed by atoms with van der Waals surface area (Å²) >= 11 is 0. The molecule has 0 radical (unpaired) electrons. The highest BCUT2D eigenvalue weighted by atomic mass is 15.2. The minimum absolute atomic E-state index is 0.782. The van der Waals surface area contributed by atoms with E-state index >= 15 is 0 Å². The zero-order chi connectivity index (χ0) is 14.5. The van der Waals surface area contributed by atoms with Gasteiger partial charge in [-0.25, -0.2) is 0 Å². The summed E-state index contributed by atoms with van der Waals surface area (Å²) < 4.78 is 0. The van der Waals surface area contributed by atoms with Gasteiger partial charge >= 0.3 is 0 Å². The van der Waals surface area contributed by atoms with Gasteiger partial charge < -0.3 is 5.32 Å². The van der Waals surface area contributed by atoms with Crippen molar-refractivity contribution in [2.24, 2.45) is 5.92 Å². The van der Waals surface area contributed by atoms with E-state index in [2.05, 4.69) is 52.5 Å². The van der Waals surface area contributed by atoms with Crippen molar-refractivity contribution in [1.29, 1.82) is 0 Å².